The van der Waals surface area contributed by atoms with Gasteiger partial charge in [0.15, 0.2) is 0 Å². The lowest BCUT2D eigenvalue weighted by molar-refractivity contribution is -0.121. The van der Waals surface area contributed by atoms with E-state index >= 15 is 0 Å². The smallest absolute Gasteiger partial charge is 0.229 e. The summed E-state index contributed by atoms with van der Waals surface area (Å²) >= 11 is 0. The number of benzene rings is 1. The van der Waals surface area contributed by atoms with Crippen LogP contribution in [-0.4, -0.2) is 17.9 Å². The van der Waals surface area contributed by atoms with Crippen molar-refractivity contribution in [1.82, 2.24) is 0 Å². The Labute approximate surface area is 128 Å². The van der Waals surface area contributed by atoms with Gasteiger partial charge in [-0.2, -0.15) is 0 Å². The number of nitrogens with one attached hydrogen (secondary N) is 2. The monoisotopic (exact) mass is 305 g/mol. The molecule has 22 heavy (non-hydrogen) atoms. The number of hydrogen-bond acceptors (Lipinski definition) is 3. The van der Waals surface area contributed by atoms with Gasteiger partial charge in [0.1, 0.15) is 5.82 Å². The second-order valence-electron chi connectivity index (χ2n) is 6.30. The van der Waals surface area contributed by atoms with Gasteiger partial charge in [-0.1, -0.05) is 0 Å². The van der Waals surface area contributed by atoms with Gasteiger partial charge < -0.3 is 16.4 Å². The molecule has 0 saturated heterocycles. The fourth-order valence-corrected chi connectivity index (χ4v) is 3.84. The number of carbonyl (C=O) groups excluding carboxylic acids is 2. The third-order valence-electron chi connectivity index (χ3n) is 4.83. The molecule has 1 aromatic rings. The molecule has 6 heteroatoms. The highest BCUT2D eigenvalue weighted by atomic mass is 19.1. The summed E-state index contributed by atoms with van der Waals surface area (Å²) in [5, 5.41) is 5.21. The topological polar surface area (TPSA) is 84.2 Å². The maximum atomic E-state index is 13.9. The van der Waals surface area contributed by atoms with Crippen molar-refractivity contribution >= 4 is 23.2 Å². The van der Waals surface area contributed by atoms with Crippen LogP contribution in [0.15, 0.2) is 18.2 Å². The van der Waals surface area contributed by atoms with E-state index in [-0.39, 0.29) is 29.5 Å². The van der Waals surface area contributed by atoms with Crippen molar-refractivity contribution < 1.29 is 14.0 Å². The molecule has 1 aromatic carbocycles. The Morgan fingerprint density at radius 3 is 2.59 bits per heavy atom. The summed E-state index contributed by atoms with van der Waals surface area (Å²) in [6.07, 6.45) is 3.10. The van der Waals surface area contributed by atoms with Gasteiger partial charge in [0, 0.05) is 18.7 Å². The predicted octanol–water partition coefficient (Wildman–Crippen LogP) is 2.10. The number of fused-ring (bicyclic) bond motifs is 2. The van der Waals surface area contributed by atoms with Crippen LogP contribution in [0, 0.1) is 23.6 Å². The molecule has 2 bridgehead atoms. The van der Waals surface area contributed by atoms with Gasteiger partial charge in [-0.15, -0.1) is 0 Å². The van der Waals surface area contributed by atoms with E-state index in [0.29, 0.717) is 17.5 Å². The maximum absolute atomic E-state index is 13.9. The van der Waals surface area contributed by atoms with Crippen molar-refractivity contribution in [3.8, 4) is 0 Å². The molecule has 3 rings (SSSR count). The van der Waals surface area contributed by atoms with Crippen molar-refractivity contribution in [2.24, 2.45) is 23.5 Å². The SMILES string of the molecule is CC(=O)Nc1ccc(F)c(NC(=O)C2C3CCC(C3)C2N)c1. The zero-order chi connectivity index (χ0) is 15.9. The molecule has 5 nitrogen and oxygen atoms in total. The van der Waals surface area contributed by atoms with Crippen molar-refractivity contribution in [2.45, 2.75) is 32.2 Å². The van der Waals surface area contributed by atoms with Gasteiger partial charge in [-0.25, -0.2) is 4.39 Å². The molecule has 0 aliphatic heterocycles. The van der Waals surface area contributed by atoms with Gasteiger partial charge >= 0.3 is 0 Å². The first kappa shape index (κ1) is 15.0. The Bertz CT molecular complexity index is 617. The molecule has 4 N–H and O–H groups in total. The van der Waals surface area contributed by atoms with Crippen LogP contribution < -0.4 is 16.4 Å². The van der Waals surface area contributed by atoms with Crippen LogP contribution in [-0.2, 0) is 9.59 Å². The van der Waals surface area contributed by atoms with Gasteiger partial charge in [-0.05, 0) is 49.3 Å². The molecule has 0 spiro atoms. The fraction of sp³-hybridized carbons (Fsp3) is 0.500. The molecule has 2 fully saturated rings. The Morgan fingerprint density at radius 2 is 1.95 bits per heavy atom. The molecular formula is C16H20FN3O2. The molecule has 118 valence electrons. The minimum absolute atomic E-state index is 0.0752. The number of anilines is 2. The fourth-order valence-electron chi connectivity index (χ4n) is 3.84. The Hall–Kier alpha value is -1.95. The highest BCUT2D eigenvalue weighted by molar-refractivity contribution is 5.95. The lowest BCUT2D eigenvalue weighted by Gasteiger charge is -2.27. The van der Waals surface area contributed by atoms with Crippen LogP contribution >= 0.6 is 0 Å². The molecule has 0 heterocycles. The molecule has 2 aliphatic carbocycles. The molecule has 4 unspecified atom stereocenters. The number of amides is 2. The first-order valence-corrected chi connectivity index (χ1v) is 7.59. The van der Waals surface area contributed by atoms with Crippen molar-refractivity contribution in [3.05, 3.63) is 24.0 Å². The zero-order valence-electron chi connectivity index (χ0n) is 12.4. The maximum Gasteiger partial charge on any atom is 0.229 e. The summed E-state index contributed by atoms with van der Waals surface area (Å²) in [7, 11) is 0. The third-order valence-corrected chi connectivity index (χ3v) is 4.83. The van der Waals surface area contributed by atoms with Gasteiger partial charge in [0.2, 0.25) is 11.8 Å². The van der Waals surface area contributed by atoms with Crippen molar-refractivity contribution in [1.29, 1.82) is 0 Å². The van der Waals surface area contributed by atoms with Crippen LogP contribution in [0.25, 0.3) is 0 Å². The zero-order valence-corrected chi connectivity index (χ0v) is 12.4. The summed E-state index contributed by atoms with van der Waals surface area (Å²) in [5.41, 5.74) is 6.66. The summed E-state index contributed by atoms with van der Waals surface area (Å²) in [6, 6.07) is 3.96. The highest BCUT2D eigenvalue weighted by Crippen LogP contribution is 2.48. The Balaban J connectivity index is 1.75. The van der Waals surface area contributed by atoms with Crippen LogP contribution in [0.1, 0.15) is 26.2 Å². The highest BCUT2D eigenvalue weighted by Gasteiger charge is 2.49. The quantitative estimate of drug-likeness (QED) is 0.799. The van der Waals surface area contributed by atoms with E-state index in [0.717, 1.165) is 19.3 Å². The van der Waals surface area contributed by atoms with Gasteiger partial charge in [0.05, 0.1) is 11.6 Å². The largest absolute Gasteiger partial charge is 0.327 e. The standard InChI is InChI=1S/C16H20FN3O2/c1-8(21)19-11-4-5-12(17)13(7-11)20-16(22)14-9-2-3-10(6-9)15(14)18/h4-5,7,9-10,14-15H,2-3,6,18H2,1H3,(H,19,21)(H,20,22). The average Bonchev–Trinajstić information content (AvgIpc) is 3.02. The second kappa shape index (κ2) is 5.68. The lowest BCUT2D eigenvalue weighted by atomic mass is 9.84. The summed E-state index contributed by atoms with van der Waals surface area (Å²) in [4.78, 5) is 23.5. The minimum Gasteiger partial charge on any atom is -0.327 e. The summed E-state index contributed by atoms with van der Waals surface area (Å²) in [6.45, 7) is 1.37. The Morgan fingerprint density at radius 1 is 1.23 bits per heavy atom. The van der Waals surface area contributed by atoms with E-state index in [1.807, 2.05) is 0 Å². The van der Waals surface area contributed by atoms with Crippen LogP contribution in [0.3, 0.4) is 0 Å². The van der Waals surface area contributed by atoms with Gasteiger partial charge in [0.25, 0.3) is 0 Å². The summed E-state index contributed by atoms with van der Waals surface area (Å²) < 4.78 is 13.9. The van der Waals surface area contributed by atoms with E-state index in [1.54, 1.807) is 0 Å². The van der Waals surface area contributed by atoms with E-state index in [4.69, 9.17) is 5.73 Å². The number of nitrogens with two attached hydrogens (primary N) is 1. The van der Waals surface area contributed by atoms with Crippen LogP contribution in [0.5, 0.6) is 0 Å². The number of halogens is 1. The number of rotatable bonds is 3. The predicted molar refractivity (Wildman–Crippen MR) is 81.6 cm³/mol. The molecule has 0 aromatic heterocycles. The molecule has 4 atom stereocenters. The lowest BCUT2D eigenvalue weighted by Crippen LogP contribution is -2.42. The van der Waals surface area contributed by atoms with E-state index in [2.05, 4.69) is 10.6 Å². The van der Waals surface area contributed by atoms with E-state index in [9.17, 15) is 14.0 Å². The number of hydrogen-bond donors (Lipinski definition) is 3. The third kappa shape index (κ3) is 2.70. The summed E-state index contributed by atoms with van der Waals surface area (Å²) in [5.74, 6) is -0.530. The van der Waals surface area contributed by atoms with Crippen LogP contribution in [0.2, 0.25) is 0 Å². The molecule has 2 aliphatic rings. The molecule has 0 radical (unpaired) electrons. The minimum atomic E-state index is -0.529. The van der Waals surface area contributed by atoms with E-state index in [1.165, 1.54) is 25.1 Å². The van der Waals surface area contributed by atoms with Crippen molar-refractivity contribution in [2.75, 3.05) is 10.6 Å². The van der Waals surface area contributed by atoms with Gasteiger partial charge in [-0.3, -0.25) is 9.59 Å². The average molecular weight is 305 g/mol. The first-order valence-electron chi connectivity index (χ1n) is 7.59. The second-order valence-corrected chi connectivity index (χ2v) is 6.30. The van der Waals surface area contributed by atoms with Crippen LogP contribution in [0.4, 0.5) is 15.8 Å². The normalized spacial score (nSPS) is 29.4. The molecule has 2 amide bonds. The van der Waals surface area contributed by atoms with E-state index < -0.39 is 5.82 Å². The number of carbonyl (C=O) groups is 2. The first-order chi connectivity index (χ1) is 10.5. The Kier molecular flexibility index (Phi) is 3.87. The van der Waals surface area contributed by atoms with Crippen molar-refractivity contribution in [3.63, 3.8) is 0 Å². The molecule has 2 saturated carbocycles. The molecular weight excluding hydrogens is 285 g/mol.